The first-order valence-corrected chi connectivity index (χ1v) is 6.97. The monoisotopic (exact) mass is 274 g/mol. The van der Waals surface area contributed by atoms with Gasteiger partial charge in [0.05, 0.1) is 16.8 Å². The molecule has 2 nitrogen and oxygen atoms in total. The van der Waals surface area contributed by atoms with E-state index in [0.717, 1.165) is 18.5 Å². The van der Waals surface area contributed by atoms with E-state index in [0.29, 0.717) is 5.02 Å². The van der Waals surface area contributed by atoms with Crippen molar-refractivity contribution in [1.29, 1.82) is 0 Å². The lowest BCUT2D eigenvalue weighted by Crippen LogP contribution is -2.19. The molecule has 1 aromatic heterocycles. The standard InChI is InChI=1S/C16H19ClN2/c1-3-12-4-6-13(7-5-12)10-16(18-2)15-9-8-14(17)11-19-15/h4-9,11,16,18H,3,10H2,1-2H3. The summed E-state index contributed by atoms with van der Waals surface area (Å²) in [6.45, 7) is 2.17. The largest absolute Gasteiger partial charge is 0.311 e. The molecule has 0 aliphatic rings. The molecule has 3 heteroatoms. The fourth-order valence-electron chi connectivity index (χ4n) is 2.09. The molecule has 1 heterocycles. The van der Waals surface area contributed by atoms with E-state index in [9.17, 15) is 0 Å². The molecule has 2 aromatic rings. The summed E-state index contributed by atoms with van der Waals surface area (Å²) in [5, 5.41) is 3.98. The van der Waals surface area contributed by atoms with E-state index in [1.807, 2.05) is 19.2 Å². The van der Waals surface area contributed by atoms with Crippen LogP contribution in [0.3, 0.4) is 0 Å². The zero-order chi connectivity index (χ0) is 13.7. The van der Waals surface area contributed by atoms with Gasteiger partial charge in [-0.15, -0.1) is 0 Å². The van der Waals surface area contributed by atoms with Gasteiger partial charge < -0.3 is 5.32 Å². The molecule has 0 radical (unpaired) electrons. The van der Waals surface area contributed by atoms with Gasteiger partial charge in [-0.2, -0.15) is 0 Å². The molecular formula is C16H19ClN2. The third-order valence-electron chi connectivity index (χ3n) is 3.33. The van der Waals surface area contributed by atoms with E-state index < -0.39 is 0 Å². The van der Waals surface area contributed by atoms with Crippen LogP contribution in [0.1, 0.15) is 29.8 Å². The van der Waals surface area contributed by atoms with Gasteiger partial charge in [0, 0.05) is 6.20 Å². The van der Waals surface area contributed by atoms with Crippen LogP contribution in [0.5, 0.6) is 0 Å². The van der Waals surface area contributed by atoms with E-state index in [-0.39, 0.29) is 6.04 Å². The normalized spacial score (nSPS) is 12.4. The van der Waals surface area contributed by atoms with Crippen LogP contribution < -0.4 is 5.32 Å². The Morgan fingerprint density at radius 1 is 1.11 bits per heavy atom. The van der Waals surface area contributed by atoms with Crippen molar-refractivity contribution < 1.29 is 0 Å². The number of benzene rings is 1. The number of aryl methyl sites for hydroxylation is 1. The van der Waals surface area contributed by atoms with Gasteiger partial charge in [-0.05, 0) is 43.1 Å². The topological polar surface area (TPSA) is 24.9 Å². The zero-order valence-corrected chi connectivity index (χ0v) is 12.1. The van der Waals surface area contributed by atoms with Gasteiger partial charge in [0.25, 0.3) is 0 Å². The number of pyridine rings is 1. The van der Waals surface area contributed by atoms with E-state index in [2.05, 4.69) is 41.5 Å². The van der Waals surface area contributed by atoms with Gasteiger partial charge in [0.2, 0.25) is 0 Å². The minimum atomic E-state index is 0.213. The maximum Gasteiger partial charge on any atom is 0.0589 e. The highest BCUT2D eigenvalue weighted by Crippen LogP contribution is 2.18. The lowest BCUT2D eigenvalue weighted by molar-refractivity contribution is 0.576. The molecule has 0 amide bonds. The van der Waals surface area contributed by atoms with Crippen molar-refractivity contribution in [3.63, 3.8) is 0 Å². The Labute approximate surface area is 119 Å². The lowest BCUT2D eigenvalue weighted by Gasteiger charge is -2.16. The van der Waals surface area contributed by atoms with Gasteiger partial charge in [-0.25, -0.2) is 0 Å². The Balaban J connectivity index is 2.11. The SMILES string of the molecule is CCc1ccc(CC(NC)c2ccc(Cl)cn2)cc1. The van der Waals surface area contributed by atoms with Crippen LogP contribution in [0.2, 0.25) is 5.02 Å². The predicted molar refractivity (Wildman–Crippen MR) is 80.6 cm³/mol. The Bertz CT molecular complexity index is 505. The van der Waals surface area contributed by atoms with Crippen molar-refractivity contribution in [2.45, 2.75) is 25.8 Å². The van der Waals surface area contributed by atoms with Crippen molar-refractivity contribution in [2.75, 3.05) is 7.05 Å². The summed E-state index contributed by atoms with van der Waals surface area (Å²) in [6.07, 6.45) is 3.70. The summed E-state index contributed by atoms with van der Waals surface area (Å²) >= 11 is 5.87. The van der Waals surface area contributed by atoms with Crippen LogP contribution in [-0.4, -0.2) is 12.0 Å². The van der Waals surface area contributed by atoms with Gasteiger partial charge in [0.15, 0.2) is 0 Å². The number of nitrogens with one attached hydrogen (secondary N) is 1. The Hall–Kier alpha value is -1.38. The van der Waals surface area contributed by atoms with Crippen LogP contribution in [0.4, 0.5) is 0 Å². The molecule has 1 aromatic carbocycles. The van der Waals surface area contributed by atoms with Crippen molar-refractivity contribution in [3.8, 4) is 0 Å². The van der Waals surface area contributed by atoms with Crippen molar-refractivity contribution in [1.82, 2.24) is 10.3 Å². The Morgan fingerprint density at radius 3 is 2.32 bits per heavy atom. The minimum absolute atomic E-state index is 0.213. The molecule has 2 rings (SSSR count). The molecule has 0 aliphatic heterocycles. The number of nitrogens with zero attached hydrogens (tertiary/aromatic N) is 1. The van der Waals surface area contributed by atoms with Gasteiger partial charge in [-0.3, -0.25) is 4.98 Å². The summed E-state index contributed by atoms with van der Waals surface area (Å²) in [6, 6.07) is 12.8. The van der Waals surface area contributed by atoms with Crippen LogP contribution in [0.15, 0.2) is 42.6 Å². The molecule has 0 spiro atoms. The van der Waals surface area contributed by atoms with Crippen molar-refractivity contribution in [3.05, 3.63) is 64.4 Å². The Morgan fingerprint density at radius 2 is 1.79 bits per heavy atom. The third-order valence-corrected chi connectivity index (χ3v) is 3.55. The first kappa shape index (κ1) is 14.0. The Kier molecular flexibility index (Phi) is 4.94. The van der Waals surface area contributed by atoms with E-state index in [1.54, 1.807) is 6.20 Å². The predicted octanol–water partition coefficient (Wildman–Crippen LogP) is 3.80. The summed E-state index contributed by atoms with van der Waals surface area (Å²) in [5.41, 5.74) is 3.70. The molecule has 0 aliphatic carbocycles. The van der Waals surface area contributed by atoms with E-state index >= 15 is 0 Å². The smallest absolute Gasteiger partial charge is 0.0589 e. The summed E-state index contributed by atoms with van der Waals surface area (Å²) in [4.78, 5) is 4.38. The number of hydrogen-bond donors (Lipinski definition) is 1. The van der Waals surface area contributed by atoms with Crippen LogP contribution in [0.25, 0.3) is 0 Å². The highest BCUT2D eigenvalue weighted by molar-refractivity contribution is 6.30. The molecule has 1 unspecified atom stereocenters. The lowest BCUT2D eigenvalue weighted by atomic mass is 10.0. The third kappa shape index (κ3) is 3.79. The fraction of sp³-hybridized carbons (Fsp3) is 0.312. The van der Waals surface area contributed by atoms with Crippen LogP contribution in [0, 0.1) is 0 Å². The molecule has 1 N–H and O–H groups in total. The van der Waals surface area contributed by atoms with Crippen LogP contribution in [-0.2, 0) is 12.8 Å². The van der Waals surface area contributed by atoms with Crippen molar-refractivity contribution in [2.24, 2.45) is 0 Å². The van der Waals surface area contributed by atoms with Gasteiger partial charge in [-0.1, -0.05) is 42.8 Å². The van der Waals surface area contributed by atoms with E-state index in [1.165, 1.54) is 11.1 Å². The van der Waals surface area contributed by atoms with Crippen LogP contribution >= 0.6 is 11.6 Å². The quantitative estimate of drug-likeness (QED) is 0.897. The first-order chi connectivity index (χ1) is 9.22. The molecule has 1 atom stereocenters. The molecular weight excluding hydrogens is 256 g/mol. The maximum atomic E-state index is 5.87. The first-order valence-electron chi connectivity index (χ1n) is 6.59. The van der Waals surface area contributed by atoms with E-state index in [4.69, 9.17) is 11.6 Å². The average Bonchev–Trinajstić information content (AvgIpc) is 2.46. The minimum Gasteiger partial charge on any atom is -0.311 e. The maximum absolute atomic E-state index is 5.87. The highest BCUT2D eigenvalue weighted by atomic mass is 35.5. The zero-order valence-electron chi connectivity index (χ0n) is 11.4. The number of aromatic nitrogens is 1. The van der Waals surface area contributed by atoms with Gasteiger partial charge >= 0.3 is 0 Å². The molecule has 0 bridgehead atoms. The molecule has 0 fully saturated rings. The summed E-state index contributed by atoms with van der Waals surface area (Å²) in [5.74, 6) is 0. The number of hydrogen-bond acceptors (Lipinski definition) is 2. The number of likely N-dealkylation sites (N-methyl/N-ethyl adjacent to an activating group) is 1. The van der Waals surface area contributed by atoms with Gasteiger partial charge in [0.1, 0.15) is 0 Å². The average molecular weight is 275 g/mol. The molecule has 19 heavy (non-hydrogen) atoms. The molecule has 0 saturated heterocycles. The second-order valence-electron chi connectivity index (χ2n) is 4.62. The van der Waals surface area contributed by atoms with Crippen molar-refractivity contribution >= 4 is 11.6 Å². The highest BCUT2D eigenvalue weighted by Gasteiger charge is 2.11. The molecule has 100 valence electrons. The second kappa shape index (κ2) is 6.69. The molecule has 0 saturated carbocycles. The number of halogens is 1. The summed E-state index contributed by atoms with van der Waals surface area (Å²) in [7, 11) is 1.96. The second-order valence-corrected chi connectivity index (χ2v) is 5.05. The summed E-state index contributed by atoms with van der Waals surface area (Å²) < 4.78 is 0. The fourth-order valence-corrected chi connectivity index (χ4v) is 2.21. The number of rotatable bonds is 5.